The molecular formula is C25H28N4O3S2. The minimum absolute atomic E-state index is 0.0788. The van der Waals surface area contributed by atoms with Crippen molar-refractivity contribution in [2.75, 3.05) is 25.6 Å². The highest BCUT2D eigenvalue weighted by Gasteiger charge is 2.33. The van der Waals surface area contributed by atoms with Crippen molar-refractivity contribution < 1.29 is 9.53 Å². The van der Waals surface area contributed by atoms with Gasteiger partial charge in [0.1, 0.15) is 27.5 Å². The van der Waals surface area contributed by atoms with Crippen molar-refractivity contribution in [2.24, 2.45) is 7.05 Å². The summed E-state index contributed by atoms with van der Waals surface area (Å²) in [6.07, 6.45) is 3.72. The molecule has 7 nitrogen and oxygen atoms in total. The Balaban J connectivity index is 2.03. The fourth-order valence-corrected chi connectivity index (χ4v) is 5.09. The van der Waals surface area contributed by atoms with Crippen molar-refractivity contribution in [3.05, 3.63) is 61.8 Å². The van der Waals surface area contributed by atoms with Crippen LogP contribution in [-0.2, 0) is 18.4 Å². The summed E-state index contributed by atoms with van der Waals surface area (Å²) in [6.45, 7) is 4.95. The number of carbonyl (C=O) groups is 1. The van der Waals surface area contributed by atoms with Gasteiger partial charge in [-0.2, -0.15) is 5.26 Å². The predicted molar refractivity (Wildman–Crippen MR) is 141 cm³/mol. The lowest BCUT2D eigenvalue weighted by atomic mass is 10.0. The molecule has 1 aliphatic rings. The van der Waals surface area contributed by atoms with Crippen LogP contribution in [0.1, 0.15) is 42.0 Å². The average molecular weight is 497 g/mol. The summed E-state index contributed by atoms with van der Waals surface area (Å²) in [5, 5.41) is 9.61. The number of nitrogens with zero attached hydrogens (tertiary/aromatic N) is 4. The largest absolute Gasteiger partial charge is 0.497 e. The van der Waals surface area contributed by atoms with E-state index in [2.05, 4.69) is 6.92 Å². The highest BCUT2D eigenvalue weighted by Crippen LogP contribution is 2.36. The molecule has 2 aromatic rings. The number of anilines is 1. The number of thiocarbonyl (C=S) groups is 1. The lowest BCUT2D eigenvalue weighted by Gasteiger charge is -2.25. The Morgan fingerprint density at radius 2 is 1.94 bits per heavy atom. The smallest absolute Gasteiger partial charge is 0.270 e. The van der Waals surface area contributed by atoms with Gasteiger partial charge >= 0.3 is 0 Å². The number of carbonyl (C=O) groups excluding carboxylic acids is 1. The normalized spacial score (nSPS) is 14.6. The van der Waals surface area contributed by atoms with Crippen molar-refractivity contribution in [3.8, 4) is 11.8 Å². The number of nitriles is 1. The Labute approximate surface area is 209 Å². The number of aromatic nitrogens is 1. The first kappa shape index (κ1) is 25.5. The zero-order chi connectivity index (χ0) is 25.0. The molecule has 34 heavy (non-hydrogen) atoms. The van der Waals surface area contributed by atoms with Gasteiger partial charge < -0.3 is 9.64 Å². The first-order valence-corrected chi connectivity index (χ1v) is 12.2. The molecule has 1 aromatic carbocycles. The fourth-order valence-electron chi connectivity index (χ4n) is 3.86. The Bertz CT molecular complexity index is 1240. The SMILES string of the molecule is CCCCN(C)c1c(/C=C2\SC(=S)N(Cc3ccc(OC)cc3)C2=O)c(C)c(C#N)c(=O)n1C. The summed E-state index contributed by atoms with van der Waals surface area (Å²) in [5.74, 6) is 1.22. The number of rotatable bonds is 8. The number of pyridine rings is 1. The van der Waals surface area contributed by atoms with Gasteiger partial charge in [-0.25, -0.2) is 0 Å². The maximum atomic E-state index is 13.3. The minimum Gasteiger partial charge on any atom is -0.497 e. The molecule has 1 aromatic heterocycles. The molecule has 178 valence electrons. The molecule has 2 heterocycles. The van der Waals surface area contributed by atoms with Crippen molar-refractivity contribution >= 4 is 46.1 Å². The van der Waals surface area contributed by atoms with Gasteiger partial charge in [0.05, 0.1) is 18.6 Å². The number of thioether (sulfide) groups is 1. The molecule has 1 fully saturated rings. The van der Waals surface area contributed by atoms with Crippen LogP contribution in [0.5, 0.6) is 5.75 Å². The van der Waals surface area contributed by atoms with Crippen LogP contribution < -0.4 is 15.2 Å². The fraction of sp³-hybridized carbons (Fsp3) is 0.360. The molecule has 0 atom stereocenters. The van der Waals surface area contributed by atoms with Crippen LogP contribution in [0.15, 0.2) is 34.0 Å². The summed E-state index contributed by atoms with van der Waals surface area (Å²) in [4.78, 5) is 30.1. The molecule has 0 aliphatic carbocycles. The topological polar surface area (TPSA) is 78.6 Å². The summed E-state index contributed by atoms with van der Waals surface area (Å²) >= 11 is 6.74. The van der Waals surface area contributed by atoms with Crippen molar-refractivity contribution in [2.45, 2.75) is 33.2 Å². The standard InChI is InChI=1S/C25H28N4O3S2/c1-6-7-12-27(3)22-19(16(2)20(14-26)23(30)28(22)4)13-21-24(31)29(25(33)34-21)15-17-8-10-18(32-5)11-9-17/h8-11,13H,6-7,12,15H2,1-5H3/b21-13-. The van der Waals surface area contributed by atoms with Crippen LogP contribution >= 0.6 is 24.0 Å². The molecule has 1 amide bonds. The third-order valence-electron chi connectivity index (χ3n) is 5.83. The average Bonchev–Trinajstić information content (AvgIpc) is 3.09. The van der Waals surface area contributed by atoms with E-state index in [4.69, 9.17) is 17.0 Å². The van der Waals surface area contributed by atoms with Gasteiger partial charge in [-0.3, -0.25) is 19.1 Å². The molecule has 0 spiro atoms. The van der Waals surface area contributed by atoms with Crippen LogP contribution in [0.2, 0.25) is 0 Å². The maximum Gasteiger partial charge on any atom is 0.270 e. The van der Waals surface area contributed by atoms with Crippen LogP contribution in [0.25, 0.3) is 6.08 Å². The monoisotopic (exact) mass is 496 g/mol. The van der Waals surface area contributed by atoms with E-state index >= 15 is 0 Å². The third kappa shape index (κ3) is 5.03. The van der Waals surface area contributed by atoms with Gasteiger partial charge in [0.2, 0.25) is 0 Å². The van der Waals surface area contributed by atoms with E-state index < -0.39 is 0 Å². The first-order valence-electron chi connectivity index (χ1n) is 11.0. The van der Waals surface area contributed by atoms with Gasteiger partial charge in [-0.1, -0.05) is 49.5 Å². The molecular weight excluding hydrogens is 468 g/mol. The zero-order valence-corrected chi connectivity index (χ0v) is 21.7. The number of amides is 1. The first-order chi connectivity index (χ1) is 16.2. The van der Waals surface area contributed by atoms with E-state index in [1.54, 1.807) is 32.1 Å². The quantitative estimate of drug-likeness (QED) is 0.400. The van der Waals surface area contributed by atoms with Crippen LogP contribution in [0.4, 0.5) is 5.82 Å². The summed E-state index contributed by atoms with van der Waals surface area (Å²) in [7, 11) is 5.18. The summed E-state index contributed by atoms with van der Waals surface area (Å²) in [6, 6.07) is 9.52. The molecule has 0 bridgehead atoms. The molecule has 0 radical (unpaired) electrons. The van der Waals surface area contributed by atoms with Gasteiger partial charge in [0.15, 0.2) is 0 Å². The van der Waals surface area contributed by atoms with Crippen molar-refractivity contribution in [1.82, 2.24) is 9.47 Å². The third-order valence-corrected chi connectivity index (χ3v) is 7.20. The molecule has 1 aliphatic heterocycles. The van der Waals surface area contributed by atoms with Crippen molar-refractivity contribution in [3.63, 3.8) is 0 Å². The molecule has 1 saturated heterocycles. The van der Waals surface area contributed by atoms with Gasteiger partial charge in [-0.15, -0.1) is 0 Å². The number of unbranched alkanes of at least 4 members (excludes halogenated alkanes) is 1. The number of hydrogen-bond donors (Lipinski definition) is 0. The molecule has 0 N–H and O–H groups in total. The lowest BCUT2D eigenvalue weighted by molar-refractivity contribution is -0.122. The van der Waals surface area contributed by atoms with E-state index in [0.717, 1.165) is 30.7 Å². The van der Waals surface area contributed by atoms with E-state index in [9.17, 15) is 14.9 Å². The zero-order valence-electron chi connectivity index (χ0n) is 20.0. The Hall–Kier alpha value is -3.09. The second-order valence-electron chi connectivity index (χ2n) is 8.10. The number of ether oxygens (including phenoxy) is 1. The summed E-state index contributed by atoms with van der Waals surface area (Å²) < 4.78 is 7.16. The Kier molecular flexibility index (Phi) is 8.18. The maximum absolute atomic E-state index is 13.3. The van der Waals surface area contributed by atoms with E-state index in [1.807, 2.05) is 42.3 Å². The van der Waals surface area contributed by atoms with Crippen LogP contribution in [-0.4, -0.2) is 40.4 Å². The minimum atomic E-state index is -0.345. The molecule has 3 rings (SSSR count). The number of methoxy groups -OCH3 is 1. The molecule has 0 saturated carbocycles. The van der Waals surface area contributed by atoms with Crippen LogP contribution in [0, 0.1) is 18.3 Å². The second kappa shape index (κ2) is 10.9. The second-order valence-corrected chi connectivity index (χ2v) is 9.78. The molecule has 9 heteroatoms. The van der Waals surface area contributed by atoms with Crippen LogP contribution in [0.3, 0.4) is 0 Å². The highest BCUT2D eigenvalue weighted by molar-refractivity contribution is 8.26. The van der Waals surface area contributed by atoms with Crippen molar-refractivity contribution in [1.29, 1.82) is 5.26 Å². The summed E-state index contributed by atoms with van der Waals surface area (Å²) in [5.41, 5.74) is 1.91. The number of benzene rings is 1. The lowest BCUT2D eigenvalue weighted by Crippen LogP contribution is -2.31. The van der Waals surface area contributed by atoms with Gasteiger partial charge in [0, 0.05) is 26.2 Å². The van der Waals surface area contributed by atoms with E-state index in [1.165, 1.54) is 16.3 Å². The van der Waals surface area contributed by atoms with E-state index in [0.29, 0.717) is 32.7 Å². The Morgan fingerprint density at radius 3 is 2.53 bits per heavy atom. The highest BCUT2D eigenvalue weighted by atomic mass is 32.2. The molecule has 0 unspecified atom stereocenters. The van der Waals surface area contributed by atoms with Gasteiger partial charge in [-0.05, 0) is 42.7 Å². The van der Waals surface area contributed by atoms with E-state index in [-0.39, 0.29) is 17.0 Å². The Morgan fingerprint density at radius 1 is 1.26 bits per heavy atom. The predicted octanol–water partition coefficient (Wildman–Crippen LogP) is 4.21. The van der Waals surface area contributed by atoms with Gasteiger partial charge in [0.25, 0.3) is 11.5 Å². The number of hydrogen-bond acceptors (Lipinski definition) is 7.